The third kappa shape index (κ3) is 3.11. The fourth-order valence-corrected chi connectivity index (χ4v) is 5.44. The Kier molecular flexibility index (Phi) is 4.46. The number of thioether (sulfide) groups is 1. The highest BCUT2D eigenvalue weighted by atomic mass is 35.5. The van der Waals surface area contributed by atoms with Gasteiger partial charge in [0, 0.05) is 29.1 Å². The molecule has 5 nitrogen and oxygen atoms in total. The van der Waals surface area contributed by atoms with Crippen LogP contribution in [0.15, 0.2) is 58.7 Å². The summed E-state index contributed by atoms with van der Waals surface area (Å²) in [5.41, 5.74) is 2.52. The molecule has 0 spiro atoms. The lowest BCUT2D eigenvalue weighted by molar-refractivity contribution is 0.600. The van der Waals surface area contributed by atoms with Crippen molar-refractivity contribution in [2.45, 2.75) is 23.5 Å². The first-order valence-electron chi connectivity index (χ1n) is 8.03. The number of hydrogen-bond acceptors (Lipinski definition) is 4. The van der Waals surface area contributed by atoms with E-state index in [1.54, 1.807) is 49.0 Å². The first-order chi connectivity index (χ1) is 12.5. The summed E-state index contributed by atoms with van der Waals surface area (Å²) in [6.45, 7) is 2.61. The maximum atomic E-state index is 12.9. The first kappa shape index (κ1) is 17.5. The lowest BCUT2D eigenvalue weighted by Crippen LogP contribution is -2.15. The van der Waals surface area contributed by atoms with Crippen LogP contribution in [-0.2, 0) is 16.6 Å². The van der Waals surface area contributed by atoms with E-state index in [0.29, 0.717) is 16.3 Å². The van der Waals surface area contributed by atoms with Gasteiger partial charge in [-0.2, -0.15) is 0 Å². The number of benzene rings is 2. The van der Waals surface area contributed by atoms with E-state index in [4.69, 9.17) is 11.6 Å². The average molecular weight is 406 g/mol. The summed E-state index contributed by atoms with van der Waals surface area (Å²) < 4.78 is 30.6. The molecule has 1 aliphatic heterocycles. The topological polar surface area (TPSA) is 64.0 Å². The maximum Gasteiger partial charge on any atom is 0.262 e. The number of hydrogen-bond donors (Lipinski definition) is 1. The number of sulfonamides is 1. The van der Waals surface area contributed by atoms with Crippen LogP contribution < -0.4 is 4.72 Å². The molecule has 134 valence electrons. The molecule has 0 fully saturated rings. The fraction of sp³-hybridized carbons (Fsp3) is 0.167. The number of para-hydroxylation sites is 1. The minimum absolute atomic E-state index is 0.169. The van der Waals surface area contributed by atoms with Gasteiger partial charge in [-0.1, -0.05) is 47.6 Å². The zero-order chi connectivity index (χ0) is 18.3. The number of anilines is 1. The van der Waals surface area contributed by atoms with E-state index in [9.17, 15) is 8.42 Å². The largest absolute Gasteiger partial charge is 0.325 e. The number of halogens is 1. The highest BCUT2D eigenvalue weighted by molar-refractivity contribution is 7.99. The number of nitrogens with one attached hydrogen (secondary N) is 1. The molecular formula is C18H16ClN3O2S2. The lowest BCUT2D eigenvalue weighted by atomic mass is 10.1. The third-order valence-electron chi connectivity index (χ3n) is 4.26. The van der Waals surface area contributed by atoms with Gasteiger partial charge >= 0.3 is 0 Å². The second kappa shape index (κ2) is 6.64. The number of aryl methyl sites for hydroxylation is 1. The van der Waals surface area contributed by atoms with Crippen LogP contribution in [0.5, 0.6) is 0 Å². The summed E-state index contributed by atoms with van der Waals surface area (Å²) in [6.07, 6.45) is 1.97. The Morgan fingerprint density at radius 1 is 1.19 bits per heavy atom. The van der Waals surface area contributed by atoms with Crippen molar-refractivity contribution in [2.24, 2.45) is 0 Å². The number of fused-ring (bicyclic) bond motifs is 1. The van der Waals surface area contributed by atoms with E-state index in [0.717, 1.165) is 28.7 Å². The molecule has 26 heavy (non-hydrogen) atoms. The van der Waals surface area contributed by atoms with Gasteiger partial charge in [0.15, 0.2) is 5.16 Å². The van der Waals surface area contributed by atoms with Gasteiger partial charge in [0.2, 0.25) is 0 Å². The molecule has 1 N–H and O–H groups in total. The molecule has 1 aromatic heterocycles. The standard InChI is InChI=1S/C18H16ClN3O2S2/c1-12-14(19)6-4-8-17(12)26(23,24)21-15-7-3-2-5-13(15)16-11-22-9-10-25-18(22)20-16/h2-8,11,21H,9-10H2,1H3. The molecule has 0 saturated carbocycles. The van der Waals surface area contributed by atoms with Gasteiger partial charge in [-0.3, -0.25) is 4.72 Å². The van der Waals surface area contributed by atoms with Gasteiger partial charge in [0.1, 0.15) is 0 Å². The van der Waals surface area contributed by atoms with Crippen molar-refractivity contribution in [1.82, 2.24) is 9.55 Å². The smallest absolute Gasteiger partial charge is 0.262 e. The van der Waals surface area contributed by atoms with E-state index in [1.165, 1.54) is 0 Å². The van der Waals surface area contributed by atoms with Crippen molar-refractivity contribution in [3.8, 4) is 11.3 Å². The SMILES string of the molecule is Cc1c(Cl)cccc1S(=O)(=O)Nc1ccccc1-c1cn2c(n1)SCC2. The molecule has 0 aliphatic carbocycles. The van der Waals surface area contributed by atoms with Crippen molar-refractivity contribution in [2.75, 3.05) is 10.5 Å². The highest BCUT2D eigenvalue weighted by Gasteiger charge is 2.22. The van der Waals surface area contributed by atoms with E-state index in [1.807, 2.05) is 18.3 Å². The van der Waals surface area contributed by atoms with Crippen LogP contribution in [-0.4, -0.2) is 23.7 Å². The maximum absolute atomic E-state index is 12.9. The molecule has 8 heteroatoms. The van der Waals surface area contributed by atoms with E-state index < -0.39 is 10.0 Å². The van der Waals surface area contributed by atoms with Gasteiger partial charge in [-0.05, 0) is 30.7 Å². The summed E-state index contributed by atoms with van der Waals surface area (Å²) in [6, 6.07) is 12.1. The summed E-state index contributed by atoms with van der Waals surface area (Å²) in [4.78, 5) is 4.80. The minimum Gasteiger partial charge on any atom is -0.325 e. The van der Waals surface area contributed by atoms with Crippen LogP contribution in [0.2, 0.25) is 5.02 Å². The van der Waals surface area contributed by atoms with Crippen molar-refractivity contribution in [1.29, 1.82) is 0 Å². The molecular weight excluding hydrogens is 390 g/mol. The summed E-state index contributed by atoms with van der Waals surface area (Å²) in [5, 5.41) is 1.38. The molecule has 0 saturated heterocycles. The Morgan fingerprint density at radius 2 is 2.00 bits per heavy atom. The van der Waals surface area contributed by atoms with Crippen molar-refractivity contribution in [3.63, 3.8) is 0 Å². The van der Waals surface area contributed by atoms with Crippen LogP contribution in [0.1, 0.15) is 5.56 Å². The van der Waals surface area contributed by atoms with Gasteiger partial charge in [0.25, 0.3) is 10.0 Å². The molecule has 0 amide bonds. The number of aromatic nitrogens is 2. The Labute approximate surface area is 161 Å². The normalized spacial score (nSPS) is 13.6. The van der Waals surface area contributed by atoms with Gasteiger partial charge < -0.3 is 4.57 Å². The van der Waals surface area contributed by atoms with Crippen LogP contribution >= 0.6 is 23.4 Å². The molecule has 3 aromatic rings. The van der Waals surface area contributed by atoms with Crippen molar-refractivity contribution in [3.05, 3.63) is 59.2 Å². The van der Waals surface area contributed by atoms with Crippen molar-refractivity contribution >= 4 is 39.1 Å². The summed E-state index contributed by atoms with van der Waals surface area (Å²) in [5.74, 6) is 1.02. The van der Waals surface area contributed by atoms with Crippen LogP contribution in [0.25, 0.3) is 11.3 Å². The number of rotatable bonds is 4. The third-order valence-corrected chi connectivity index (χ3v) is 7.15. The predicted octanol–water partition coefficient (Wildman–Crippen LogP) is 4.42. The second-order valence-electron chi connectivity index (χ2n) is 5.96. The summed E-state index contributed by atoms with van der Waals surface area (Å²) in [7, 11) is -3.77. The lowest BCUT2D eigenvalue weighted by Gasteiger charge is -2.13. The average Bonchev–Trinajstić information content (AvgIpc) is 3.19. The van der Waals surface area contributed by atoms with E-state index in [-0.39, 0.29) is 4.90 Å². The Bertz CT molecular complexity index is 1070. The molecule has 2 heterocycles. The Balaban J connectivity index is 1.74. The fourth-order valence-electron chi connectivity index (χ4n) is 2.91. The van der Waals surface area contributed by atoms with Gasteiger partial charge in [-0.25, -0.2) is 13.4 Å². The monoisotopic (exact) mass is 405 g/mol. The Hall–Kier alpha value is -1.96. The minimum atomic E-state index is -3.77. The zero-order valence-electron chi connectivity index (χ0n) is 13.9. The second-order valence-corrected chi connectivity index (χ2v) is 9.08. The molecule has 0 bridgehead atoms. The number of nitrogens with zero attached hydrogens (tertiary/aromatic N) is 2. The number of imidazole rings is 1. The van der Waals surface area contributed by atoms with E-state index in [2.05, 4.69) is 14.3 Å². The molecule has 2 aromatic carbocycles. The summed E-state index contributed by atoms with van der Waals surface area (Å²) >= 11 is 7.79. The first-order valence-corrected chi connectivity index (χ1v) is 10.9. The zero-order valence-corrected chi connectivity index (χ0v) is 16.3. The molecule has 0 atom stereocenters. The van der Waals surface area contributed by atoms with E-state index >= 15 is 0 Å². The van der Waals surface area contributed by atoms with Crippen LogP contribution in [0.4, 0.5) is 5.69 Å². The van der Waals surface area contributed by atoms with Crippen molar-refractivity contribution < 1.29 is 8.42 Å². The molecule has 0 unspecified atom stereocenters. The quantitative estimate of drug-likeness (QED) is 0.697. The highest BCUT2D eigenvalue weighted by Crippen LogP contribution is 2.34. The molecule has 4 rings (SSSR count). The van der Waals surface area contributed by atoms with Crippen LogP contribution in [0.3, 0.4) is 0 Å². The van der Waals surface area contributed by atoms with Gasteiger partial charge in [-0.15, -0.1) is 0 Å². The Morgan fingerprint density at radius 3 is 2.81 bits per heavy atom. The molecule has 0 radical (unpaired) electrons. The molecule has 1 aliphatic rings. The van der Waals surface area contributed by atoms with Crippen LogP contribution in [0, 0.1) is 6.92 Å². The predicted molar refractivity (Wildman–Crippen MR) is 105 cm³/mol. The van der Waals surface area contributed by atoms with Gasteiger partial charge in [0.05, 0.1) is 16.3 Å².